The number of rotatable bonds is 6. The number of benzene rings is 2. The first-order chi connectivity index (χ1) is 13.2. The van der Waals surface area contributed by atoms with Crippen LogP contribution in [0.2, 0.25) is 0 Å². The van der Waals surface area contributed by atoms with Crippen LogP contribution in [0.25, 0.3) is 22.0 Å². The zero-order valence-electron chi connectivity index (χ0n) is 15.3. The summed E-state index contributed by atoms with van der Waals surface area (Å²) in [5, 5.41) is 8.08. The minimum atomic E-state index is 0.468. The number of ether oxygens (including phenoxy) is 2. The molecule has 0 saturated carbocycles. The van der Waals surface area contributed by atoms with Gasteiger partial charge in [0.15, 0.2) is 5.82 Å². The van der Waals surface area contributed by atoms with Gasteiger partial charge in [0, 0.05) is 25.3 Å². The molecule has 1 aromatic heterocycles. The predicted octanol–water partition coefficient (Wildman–Crippen LogP) is 2.50. The molecule has 0 amide bonds. The molecule has 4 rings (SSSR count). The maximum absolute atomic E-state index is 6.12. The van der Waals surface area contributed by atoms with E-state index in [1.165, 1.54) is 0 Å². The fraction of sp³-hybridized carbons (Fsp3) is 0.350. The molecule has 2 aromatic carbocycles. The van der Waals surface area contributed by atoms with Gasteiger partial charge >= 0.3 is 0 Å². The summed E-state index contributed by atoms with van der Waals surface area (Å²) in [7, 11) is 0. The highest BCUT2D eigenvalue weighted by molar-refractivity contribution is 6.04. The third-order valence-electron chi connectivity index (χ3n) is 4.91. The van der Waals surface area contributed by atoms with E-state index in [-0.39, 0.29) is 0 Å². The van der Waals surface area contributed by atoms with Crippen LogP contribution in [-0.4, -0.2) is 54.6 Å². The second-order valence-corrected chi connectivity index (χ2v) is 6.75. The SMILES string of the molecule is Nc1ccc(-c2ccc(OCCCN3CCOCC3)c3[nH]nc(N)c23)cc1. The maximum atomic E-state index is 6.12. The lowest BCUT2D eigenvalue weighted by Crippen LogP contribution is -2.37. The average molecular weight is 367 g/mol. The summed E-state index contributed by atoms with van der Waals surface area (Å²) in [4.78, 5) is 2.40. The lowest BCUT2D eigenvalue weighted by atomic mass is 10.0. The molecule has 1 aliphatic heterocycles. The van der Waals surface area contributed by atoms with Crippen LogP contribution < -0.4 is 16.2 Å². The zero-order chi connectivity index (χ0) is 18.6. The van der Waals surface area contributed by atoms with E-state index in [9.17, 15) is 0 Å². The number of aromatic amines is 1. The van der Waals surface area contributed by atoms with E-state index in [1.807, 2.05) is 36.4 Å². The minimum absolute atomic E-state index is 0.468. The van der Waals surface area contributed by atoms with Crippen molar-refractivity contribution in [3.8, 4) is 16.9 Å². The number of hydrogen-bond donors (Lipinski definition) is 3. The van der Waals surface area contributed by atoms with Gasteiger partial charge in [0.1, 0.15) is 11.3 Å². The molecule has 0 aliphatic carbocycles. The number of nitrogens with zero attached hydrogens (tertiary/aromatic N) is 2. The minimum Gasteiger partial charge on any atom is -0.491 e. The number of morpholine rings is 1. The number of hydrogen-bond acceptors (Lipinski definition) is 6. The molecule has 0 spiro atoms. The molecule has 0 unspecified atom stereocenters. The predicted molar refractivity (Wildman–Crippen MR) is 108 cm³/mol. The van der Waals surface area contributed by atoms with Crippen LogP contribution in [0.15, 0.2) is 36.4 Å². The van der Waals surface area contributed by atoms with Crippen LogP contribution in [0.3, 0.4) is 0 Å². The summed E-state index contributed by atoms with van der Waals surface area (Å²) < 4.78 is 11.4. The summed E-state index contributed by atoms with van der Waals surface area (Å²) in [5.41, 5.74) is 15.5. The van der Waals surface area contributed by atoms with Gasteiger partial charge < -0.3 is 20.9 Å². The fourth-order valence-corrected chi connectivity index (χ4v) is 3.45. The average Bonchev–Trinajstić information content (AvgIpc) is 3.09. The van der Waals surface area contributed by atoms with Crippen molar-refractivity contribution < 1.29 is 9.47 Å². The summed E-state index contributed by atoms with van der Waals surface area (Å²) in [6.07, 6.45) is 0.963. The number of H-pyrrole nitrogens is 1. The van der Waals surface area contributed by atoms with Gasteiger partial charge in [-0.25, -0.2) is 0 Å². The number of nitrogens with one attached hydrogen (secondary N) is 1. The van der Waals surface area contributed by atoms with Gasteiger partial charge in [0.05, 0.1) is 25.2 Å². The Hall–Kier alpha value is -2.77. The lowest BCUT2D eigenvalue weighted by molar-refractivity contribution is 0.0358. The smallest absolute Gasteiger partial charge is 0.153 e. The standard InChI is InChI=1S/C20H25N5O2/c21-15-4-2-14(3-5-15)16-6-7-17(19-18(16)20(22)24-23-19)27-11-1-8-25-9-12-26-13-10-25/h2-7H,1,8-13,21H2,(H3,22,23,24). The van der Waals surface area contributed by atoms with Crippen molar-refractivity contribution in [2.24, 2.45) is 0 Å². The summed E-state index contributed by atoms with van der Waals surface area (Å²) in [6, 6.07) is 11.7. The highest BCUT2D eigenvalue weighted by Crippen LogP contribution is 2.36. The van der Waals surface area contributed by atoms with Crippen molar-refractivity contribution in [3.63, 3.8) is 0 Å². The number of nitrogens with two attached hydrogens (primary N) is 2. The van der Waals surface area contributed by atoms with Gasteiger partial charge in [-0.2, -0.15) is 5.10 Å². The Bertz CT molecular complexity index is 901. The molecule has 1 saturated heterocycles. The molecule has 1 fully saturated rings. The number of fused-ring (bicyclic) bond motifs is 1. The van der Waals surface area contributed by atoms with E-state index in [4.69, 9.17) is 20.9 Å². The number of anilines is 2. The molecule has 1 aliphatic rings. The Kier molecular flexibility index (Phi) is 5.13. The maximum Gasteiger partial charge on any atom is 0.153 e. The van der Waals surface area contributed by atoms with Crippen LogP contribution >= 0.6 is 0 Å². The summed E-state index contributed by atoms with van der Waals surface area (Å²) in [6.45, 7) is 5.30. The first kappa shape index (κ1) is 17.6. The van der Waals surface area contributed by atoms with Crippen molar-refractivity contribution in [2.45, 2.75) is 6.42 Å². The second kappa shape index (κ2) is 7.85. The third-order valence-corrected chi connectivity index (χ3v) is 4.91. The first-order valence-corrected chi connectivity index (χ1v) is 9.28. The van der Waals surface area contributed by atoms with E-state index in [2.05, 4.69) is 15.1 Å². The molecular weight excluding hydrogens is 342 g/mol. The Morgan fingerprint density at radius 1 is 1.07 bits per heavy atom. The Balaban J connectivity index is 1.49. The molecule has 2 heterocycles. The number of nitrogen functional groups attached to an aromatic ring is 2. The molecule has 0 radical (unpaired) electrons. The van der Waals surface area contributed by atoms with Crippen LogP contribution in [0.5, 0.6) is 5.75 Å². The van der Waals surface area contributed by atoms with E-state index in [0.717, 1.165) is 72.7 Å². The van der Waals surface area contributed by atoms with Crippen molar-refractivity contribution >= 4 is 22.4 Å². The zero-order valence-corrected chi connectivity index (χ0v) is 15.3. The van der Waals surface area contributed by atoms with Crippen LogP contribution in [0, 0.1) is 0 Å². The highest BCUT2D eigenvalue weighted by atomic mass is 16.5. The molecule has 27 heavy (non-hydrogen) atoms. The van der Waals surface area contributed by atoms with Crippen LogP contribution in [-0.2, 0) is 4.74 Å². The molecule has 0 atom stereocenters. The molecule has 7 nitrogen and oxygen atoms in total. The van der Waals surface area contributed by atoms with Crippen LogP contribution in [0.1, 0.15) is 6.42 Å². The lowest BCUT2D eigenvalue weighted by Gasteiger charge is -2.26. The van der Waals surface area contributed by atoms with Crippen LogP contribution in [0.4, 0.5) is 11.5 Å². The van der Waals surface area contributed by atoms with Gasteiger partial charge in [-0.05, 0) is 41.8 Å². The monoisotopic (exact) mass is 367 g/mol. The summed E-state index contributed by atoms with van der Waals surface area (Å²) >= 11 is 0. The third kappa shape index (κ3) is 3.84. The number of aromatic nitrogens is 2. The molecular formula is C20H25N5O2. The van der Waals surface area contributed by atoms with E-state index < -0.39 is 0 Å². The Morgan fingerprint density at radius 3 is 2.63 bits per heavy atom. The molecule has 0 bridgehead atoms. The normalized spacial score (nSPS) is 15.3. The van der Waals surface area contributed by atoms with Crippen molar-refractivity contribution in [1.29, 1.82) is 0 Å². The van der Waals surface area contributed by atoms with Crippen molar-refractivity contribution in [1.82, 2.24) is 15.1 Å². The summed E-state index contributed by atoms with van der Waals surface area (Å²) in [5.74, 6) is 1.24. The largest absolute Gasteiger partial charge is 0.491 e. The molecule has 142 valence electrons. The van der Waals surface area contributed by atoms with Gasteiger partial charge in [-0.3, -0.25) is 10.00 Å². The first-order valence-electron chi connectivity index (χ1n) is 9.28. The van der Waals surface area contributed by atoms with Gasteiger partial charge in [-0.1, -0.05) is 12.1 Å². The molecule has 5 N–H and O–H groups in total. The van der Waals surface area contributed by atoms with Crippen molar-refractivity contribution in [3.05, 3.63) is 36.4 Å². The van der Waals surface area contributed by atoms with Gasteiger partial charge in [-0.15, -0.1) is 0 Å². The topological polar surface area (TPSA) is 102 Å². The second-order valence-electron chi connectivity index (χ2n) is 6.75. The van der Waals surface area contributed by atoms with E-state index >= 15 is 0 Å². The Labute approximate surface area is 158 Å². The quantitative estimate of drug-likeness (QED) is 0.457. The Morgan fingerprint density at radius 2 is 1.85 bits per heavy atom. The van der Waals surface area contributed by atoms with Crippen molar-refractivity contribution in [2.75, 3.05) is 50.9 Å². The van der Waals surface area contributed by atoms with E-state index in [1.54, 1.807) is 0 Å². The van der Waals surface area contributed by atoms with Gasteiger partial charge in [0.25, 0.3) is 0 Å². The van der Waals surface area contributed by atoms with E-state index in [0.29, 0.717) is 12.4 Å². The fourth-order valence-electron chi connectivity index (χ4n) is 3.45. The highest BCUT2D eigenvalue weighted by Gasteiger charge is 2.15. The van der Waals surface area contributed by atoms with Gasteiger partial charge in [0.2, 0.25) is 0 Å². The molecule has 3 aromatic rings. The molecule has 7 heteroatoms.